The summed E-state index contributed by atoms with van der Waals surface area (Å²) in [5.74, 6) is 0. The van der Waals surface area contributed by atoms with Gasteiger partial charge in [0.15, 0.2) is 0 Å². The van der Waals surface area contributed by atoms with Crippen LogP contribution in [-0.4, -0.2) is 96.9 Å². The zero-order valence-electron chi connectivity index (χ0n) is 14.5. The third-order valence-corrected chi connectivity index (χ3v) is 3.16. The maximum absolute atomic E-state index is 11.4. The molecule has 0 aliphatic heterocycles. The Kier molecular flexibility index (Phi) is 14.4. The van der Waals surface area contributed by atoms with E-state index in [9.17, 15) is 4.79 Å². The van der Waals surface area contributed by atoms with Gasteiger partial charge < -0.3 is 28.7 Å². The first-order valence-electron chi connectivity index (χ1n) is 7.74. The third kappa shape index (κ3) is 14.1. The van der Waals surface area contributed by atoms with Crippen molar-refractivity contribution in [3.8, 4) is 0 Å². The molecule has 0 unspecified atom stereocenters. The van der Waals surface area contributed by atoms with Crippen LogP contribution in [0.4, 0.5) is 4.79 Å². The monoisotopic (exact) mass is 320 g/mol. The van der Waals surface area contributed by atoms with E-state index < -0.39 is 6.16 Å². The highest BCUT2D eigenvalue weighted by atomic mass is 16.7. The van der Waals surface area contributed by atoms with Gasteiger partial charge in [-0.25, -0.2) is 4.79 Å². The second-order valence-electron chi connectivity index (χ2n) is 5.25. The number of hydrogen-bond acceptors (Lipinski definition) is 7. The molecule has 0 rings (SSSR count). The highest BCUT2D eigenvalue weighted by Crippen LogP contribution is 1.93. The summed E-state index contributed by atoms with van der Waals surface area (Å²) in [6.45, 7) is 5.37. The van der Waals surface area contributed by atoms with Gasteiger partial charge in [-0.1, -0.05) is 0 Å². The molecule has 0 saturated carbocycles. The summed E-state index contributed by atoms with van der Waals surface area (Å²) in [4.78, 5) is 15.6. The lowest BCUT2D eigenvalue weighted by Crippen LogP contribution is -2.28. The van der Waals surface area contributed by atoms with Crippen LogP contribution in [0.1, 0.15) is 12.8 Å². The molecule has 0 radical (unpaired) electrons. The van der Waals surface area contributed by atoms with Crippen molar-refractivity contribution in [1.29, 1.82) is 0 Å². The molecule has 132 valence electrons. The first-order chi connectivity index (χ1) is 10.6. The third-order valence-electron chi connectivity index (χ3n) is 3.16. The van der Waals surface area contributed by atoms with Crippen LogP contribution in [0.15, 0.2) is 0 Å². The van der Waals surface area contributed by atoms with Crippen LogP contribution in [0.5, 0.6) is 0 Å². The molecule has 0 N–H and O–H groups in total. The molecule has 0 saturated heterocycles. The standard InChI is InChI=1S/C15H32N2O5/c1-16(7-5-11-19-3)9-13-21-15(18)22-14-10-17(2)8-6-12-20-4/h5-14H2,1-4H3. The number of likely N-dealkylation sites (N-methyl/N-ethyl adjacent to an activating group) is 2. The molecule has 0 aromatic heterocycles. The molecule has 0 aromatic carbocycles. The van der Waals surface area contributed by atoms with E-state index in [4.69, 9.17) is 18.9 Å². The molecule has 0 bridgehead atoms. The summed E-state index contributed by atoms with van der Waals surface area (Å²) in [6, 6.07) is 0. The number of methoxy groups -OCH3 is 2. The fourth-order valence-corrected chi connectivity index (χ4v) is 1.79. The van der Waals surface area contributed by atoms with E-state index in [1.54, 1.807) is 14.2 Å². The second-order valence-corrected chi connectivity index (χ2v) is 5.25. The van der Waals surface area contributed by atoms with Gasteiger partial charge in [0.2, 0.25) is 0 Å². The van der Waals surface area contributed by atoms with Gasteiger partial charge in [-0.2, -0.15) is 0 Å². The summed E-state index contributed by atoms with van der Waals surface area (Å²) in [6.07, 6.45) is 1.33. The van der Waals surface area contributed by atoms with Crippen molar-refractivity contribution in [2.75, 3.05) is 80.9 Å². The fourth-order valence-electron chi connectivity index (χ4n) is 1.79. The lowest BCUT2D eigenvalue weighted by Gasteiger charge is -2.17. The molecule has 0 aliphatic carbocycles. The largest absolute Gasteiger partial charge is 0.508 e. The normalized spacial score (nSPS) is 11.2. The molecular weight excluding hydrogens is 288 g/mol. The Morgan fingerprint density at radius 1 is 0.727 bits per heavy atom. The van der Waals surface area contributed by atoms with Crippen molar-refractivity contribution >= 4 is 6.16 Å². The summed E-state index contributed by atoms with van der Waals surface area (Å²) in [5, 5.41) is 0. The van der Waals surface area contributed by atoms with Gasteiger partial charge in [0.25, 0.3) is 0 Å². The van der Waals surface area contributed by atoms with Crippen LogP contribution < -0.4 is 0 Å². The maximum atomic E-state index is 11.4. The van der Waals surface area contributed by atoms with Crippen molar-refractivity contribution in [3.05, 3.63) is 0 Å². The zero-order valence-corrected chi connectivity index (χ0v) is 14.5. The van der Waals surface area contributed by atoms with Crippen LogP contribution in [0.25, 0.3) is 0 Å². The van der Waals surface area contributed by atoms with Crippen LogP contribution in [-0.2, 0) is 18.9 Å². The minimum Gasteiger partial charge on any atom is -0.433 e. The summed E-state index contributed by atoms with van der Waals surface area (Å²) in [7, 11) is 7.35. The second kappa shape index (κ2) is 15.0. The lowest BCUT2D eigenvalue weighted by atomic mass is 10.4. The van der Waals surface area contributed by atoms with E-state index in [1.165, 1.54) is 0 Å². The molecule has 0 aromatic rings. The highest BCUT2D eigenvalue weighted by Gasteiger charge is 2.06. The Bertz CT molecular complexity index is 242. The fraction of sp³-hybridized carbons (Fsp3) is 0.933. The van der Waals surface area contributed by atoms with E-state index in [1.807, 2.05) is 14.1 Å². The number of carbonyl (C=O) groups is 1. The Labute approximate surface area is 134 Å². The average molecular weight is 320 g/mol. The number of carbonyl (C=O) groups excluding carboxylic acids is 1. The van der Waals surface area contributed by atoms with E-state index in [0.717, 1.165) is 39.1 Å². The summed E-state index contributed by atoms with van der Waals surface area (Å²) < 4.78 is 20.0. The zero-order chi connectivity index (χ0) is 16.6. The van der Waals surface area contributed by atoms with Crippen LogP contribution in [0.2, 0.25) is 0 Å². The number of hydrogen-bond donors (Lipinski definition) is 0. The quantitative estimate of drug-likeness (QED) is 0.350. The SMILES string of the molecule is COCCCN(C)CCOC(=O)OCCN(C)CCCOC. The molecule has 7 nitrogen and oxygen atoms in total. The van der Waals surface area contributed by atoms with E-state index in [-0.39, 0.29) is 0 Å². The van der Waals surface area contributed by atoms with Crippen LogP contribution in [0.3, 0.4) is 0 Å². The van der Waals surface area contributed by atoms with Crippen molar-refractivity contribution in [1.82, 2.24) is 9.80 Å². The van der Waals surface area contributed by atoms with Gasteiger partial charge in [0.1, 0.15) is 13.2 Å². The first-order valence-corrected chi connectivity index (χ1v) is 7.74. The van der Waals surface area contributed by atoms with Crippen molar-refractivity contribution in [2.45, 2.75) is 12.8 Å². The Morgan fingerprint density at radius 2 is 1.14 bits per heavy atom. The van der Waals surface area contributed by atoms with Gasteiger partial charge in [0, 0.05) is 53.6 Å². The van der Waals surface area contributed by atoms with Crippen molar-refractivity contribution in [2.24, 2.45) is 0 Å². The number of rotatable bonds is 14. The first kappa shape index (κ1) is 21.1. The Balaban J connectivity index is 3.45. The highest BCUT2D eigenvalue weighted by molar-refractivity contribution is 5.59. The predicted molar refractivity (Wildman–Crippen MR) is 85.3 cm³/mol. The molecule has 0 atom stereocenters. The van der Waals surface area contributed by atoms with Crippen LogP contribution in [0, 0.1) is 0 Å². The maximum Gasteiger partial charge on any atom is 0.508 e. The van der Waals surface area contributed by atoms with E-state index >= 15 is 0 Å². The molecule has 0 aliphatic rings. The molecule has 0 heterocycles. The lowest BCUT2D eigenvalue weighted by molar-refractivity contribution is 0.0439. The average Bonchev–Trinajstić information content (AvgIpc) is 2.48. The number of ether oxygens (including phenoxy) is 4. The Hall–Kier alpha value is -0.890. The van der Waals surface area contributed by atoms with Gasteiger partial charge >= 0.3 is 6.16 Å². The van der Waals surface area contributed by atoms with Gasteiger partial charge in [-0.05, 0) is 26.9 Å². The molecule has 7 heteroatoms. The van der Waals surface area contributed by atoms with Crippen LogP contribution >= 0.6 is 0 Å². The molecule has 22 heavy (non-hydrogen) atoms. The summed E-state index contributed by atoms with van der Waals surface area (Å²) >= 11 is 0. The van der Waals surface area contributed by atoms with Crippen molar-refractivity contribution < 1.29 is 23.7 Å². The molecule has 0 fully saturated rings. The van der Waals surface area contributed by atoms with Gasteiger partial charge in [-0.3, -0.25) is 0 Å². The summed E-state index contributed by atoms with van der Waals surface area (Å²) in [5.41, 5.74) is 0. The minimum atomic E-state index is -0.601. The molecular formula is C15H32N2O5. The van der Waals surface area contributed by atoms with Gasteiger partial charge in [-0.15, -0.1) is 0 Å². The minimum absolute atomic E-state index is 0.339. The van der Waals surface area contributed by atoms with Crippen molar-refractivity contribution in [3.63, 3.8) is 0 Å². The Morgan fingerprint density at radius 3 is 1.50 bits per heavy atom. The van der Waals surface area contributed by atoms with E-state index in [0.29, 0.717) is 26.3 Å². The van der Waals surface area contributed by atoms with E-state index in [2.05, 4.69) is 9.80 Å². The van der Waals surface area contributed by atoms with Gasteiger partial charge in [0.05, 0.1) is 0 Å². The number of nitrogens with zero attached hydrogens (tertiary/aromatic N) is 2. The topological polar surface area (TPSA) is 60.5 Å². The smallest absolute Gasteiger partial charge is 0.433 e. The predicted octanol–water partition coefficient (Wildman–Crippen LogP) is 1.08. The molecule has 0 amide bonds. The molecule has 0 spiro atoms.